The molecule has 21 heavy (non-hydrogen) atoms. The molecule has 1 saturated heterocycles. The van der Waals surface area contributed by atoms with Crippen LogP contribution >= 0.6 is 0 Å². The van der Waals surface area contributed by atoms with Crippen molar-refractivity contribution in [3.63, 3.8) is 0 Å². The highest BCUT2D eigenvalue weighted by Crippen LogP contribution is 2.15. The number of rotatable bonds is 6. The minimum Gasteiger partial charge on any atom is -0.372 e. The number of benzene rings is 1. The van der Waals surface area contributed by atoms with Gasteiger partial charge in [0.15, 0.2) is 0 Å². The van der Waals surface area contributed by atoms with E-state index in [4.69, 9.17) is 4.74 Å². The van der Waals surface area contributed by atoms with Gasteiger partial charge in [0.25, 0.3) is 0 Å². The van der Waals surface area contributed by atoms with E-state index in [1.807, 2.05) is 38.1 Å². The van der Waals surface area contributed by atoms with Crippen LogP contribution in [-0.2, 0) is 20.9 Å². The number of likely N-dealkylation sites (tertiary alicyclic amines) is 1. The first-order valence-corrected chi connectivity index (χ1v) is 7.31. The number of hydrogen-bond acceptors (Lipinski definition) is 3. The molecule has 1 aromatic carbocycles. The number of carbonyl (C=O) groups excluding carboxylic acids is 2. The van der Waals surface area contributed by atoms with Crippen LogP contribution in [0.5, 0.6) is 0 Å². The molecule has 114 valence electrons. The molecule has 0 bridgehead atoms. The molecule has 1 fully saturated rings. The minimum absolute atomic E-state index is 0.0121. The van der Waals surface area contributed by atoms with Gasteiger partial charge in [-0.2, -0.15) is 0 Å². The van der Waals surface area contributed by atoms with Crippen molar-refractivity contribution >= 4 is 11.8 Å². The minimum atomic E-state index is -0.414. The Kier molecular flexibility index (Phi) is 5.33. The van der Waals surface area contributed by atoms with E-state index >= 15 is 0 Å². The molecule has 5 nitrogen and oxygen atoms in total. The molecule has 2 rings (SSSR count). The van der Waals surface area contributed by atoms with E-state index in [-0.39, 0.29) is 18.4 Å². The molecule has 1 heterocycles. The Labute approximate surface area is 125 Å². The van der Waals surface area contributed by atoms with Gasteiger partial charge in [-0.3, -0.25) is 9.59 Å². The maximum atomic E-state index is 12.3. The molecule has 0 aliphatic carbocycles. The van der Waals surface area contributed by atoms with Crippen LogP contribution in [0, 0.1) is 6.92 Å². The Balaban J connectivity index is 1.86. The van der Waals surface area contributed by atoms with Crippen LogP contribution in [0.3, 0.4) is 0 Å². The number of nitrogens with zero attached hydrogens (tertiary/aromatic N) is 1. The predicted octanol–water partition coefficient (Wildman–Crippen LogP) is 1.25. The van der Waals surface area contributed by atoms with E-state index in [9.17, 15) is 9.59 Å². The van der Waals surface area contributed by atoms with E-state index in [0.717, 1.165) is 5.56 Å². The molecule has 0 unspecified atom stereocenters. The second-order valence-corrected chi connectivity index (χ2v) is 5.29. The van der Waals surface area contributed by atoms with Gasteiger partial charge in [-0.1, -0.05) is 29.8 Å². The number of carbonyl (C=O) groups is 2. The third-order valence-corrected chi connectivity index (χ3v) is 3.56. The van der Waals surface area contributed by atoms with Gasteiger partial charge in [-0.05, 0) is 25.8 Å². The largest absolute Gasteiger partial charge is 0.372 e. The average Bonchev–Trinajstić information content (AvgIpc) is 2.80. The summed E-state index contributed by atoms with van der Waals surface area (Å²) in [5.74, 6) is -0.243. The lowest BCUT2D eigenvalue weighted by Gasteiger charge is -2.17. The molecular weight excluding hydrogens is 268 g/mol. The van der Waals surface area contributed by atoms with E-state index < -0.39 is 6.04 Å². The SMILES string of the molecule is CCOCC(=O)N[C@@H]1CCN(Cc2ccc(C)cc2)C1=O. The van der Waals surface area contributed by atoms with Gasteiger partial charge in [-0.25, -0.2) is 0 Å². The number of nitrogens with one attached hydrogen (secondary N) is 1. The maximum absolute atomic E-state index is 12.3. The zero-order valence-corrected chi connectivity index (χ0v) is 12.6. The average molecular weight is 290 g/mol. The summed E-state index contributed by atoms with van der Waals surface area (Å²) in [5.41, 5.74) is 2.31. The summed E-state index contributed by atoms with van der Waals surface area (Å²) in [7, 11) is 0. The molecule has 1 aromatic rings. The smallest absolute Gasteiger partial charge is 0.246 e. The van der Waals surface area contributed by atoms with E-state index in [2.05, 4.69) is 5.32 Å². The van der Waals surface area contributed by atoms with Crippen molar-refractivity contribution in [2.24, 2.45) is 0 Å². The van der Waals surface area contributed by atoms with Crippen LogP contribution in [0.1, 0.15) is 24.5 Å². The number of aryl methyl sites for hydroxylation is 1. The molecule has 2 amide bonds. The summed E-state index contributed by atoms with van der Waals surface area (Å²) in [6.07, 6.45) is 0.655. The highest BCUT2D eigenvalue weighted by molar-refractivity contribution is 5.89. The quantitative estimate of drug-likeness (QED) is 0.858. The molecule has 0 spiro atoms. The third-order valence-electron chi connectivity index (χ3n) is 3.56. The number of ether oxygens (including phenoxy) is 1. The summed E-state index contributed by atoms with van der Waals surface area (Å²) in [4.78, 5) is 25.6. The van der Waals surface area contributed by atoms with Gasteiger partial charge >= 0.3 is 0 Å². The van der Waals surface area contributed by atoms with Crippen LogP contribution < -0.4 is 5.32 Å². The molecule has 5 heteroatoms. The van der Waals surface area contributed by atoms with Crippen molar-refractivity contribution in [2.75, 3.05) is 19.8 Å². The second-order valence-electron chi connectivity index (χ2n) is 5.29. The third kappa shape index (κ3) is 4.29. The Bertz CT molecular complexity index is 499. The first-order valence-electron chi connectivity index (χ1n) is 7.31. The lowest BCUT2D eigenvalue weighted by molar-refractivity contribution is -0.134. The number of amides is 2. The summed E-state index contributed by atoms with van der Waals surface area (Å²) >= 11 is 0. The topological polar surface area (TPSA) is 58.6 Å². The van der Waals surface area contributed by atoms with Gasteiger partial charge in [-0.15, -0.1) is 0 Å². The zero-order valence-electron chi connectivity index (χ0n) is 12.6. The monoisotopic (exact) mass is 290 g/mol. The van der Waals surface area contributed by atoms with Crippen LogP contribution in [0.15, 0.2) is 24.3 Å². The lowest BCUT2D eigenvalue weighted by atomic mass is 10.1. The fraction of sp³-hybridized carbons (Fsp3) is 0.500. The molecule has 1 aliphatic heterocycles. The van der Waals surface area contributed by atoms with Crippen LogP contribution in [0.2, 0.25) is 0 Å². The second kappa shape index (κ2) is 7.22. The van der Waals surface area contributed by atoms with Gasteiger partial charge in [0.05, 0.1) is 0 Å². The molecule has 1 aliphatic rings. The Morgan fingerprint density at radius 2 is 2.10 bits per heavy atom. The first kappa shape index (κ1) is 15.5. The molecule has 1 N–H and O–H groups in total. The summed E-state index contributed by atoms with van der Waals surface area (Å²) in [5, 5.41) is 2.73. The molecule has 1 atom stereocenters. The van der Waals surface area contributed by atoms with Crippen molar-refractivity contribution < 1.29 is 14.3 Å². The summed E-state index contributed by atoms with van der Waals surface area (Å²) in [6, 6.07) is 7.73. The molecule has 0 radical (unpaired) electrons. The molecule has 0 aromatic heterocycles. The predicted molar refractivity (Wildman–Crippen MR) is 79.6 cm³/mol. The fourth-order valence-electron chi connectivity index (χ4n) is 2.37. The van der Waals surface area contributed by atoms with Crippen molar-refractivity contribution in [3.8, 4) is 0 Å². The van der Waals surface area contributed by atoms with Crippen molar-refractivity contribution in [1.82, 2.24) is 10.2 Å². The van der Waals surface area contributed by atoms with Gasteiger partial charge in [0, 0.05) is 19.7 Å². The highest BCUT2D eigenvalue weighted by Gasteiger charge is 2.32. The number of hydrogen-bond donors (Lipinski definition) is 1. The van der Waals surface area contributed by atoms with Crippen molar-refractivity contribution in [1.29, 1.82) is 0 Å². The van der Waals surface area contributed by atoms with Crippen LogP contribution in [-0.4, -0.2) is 42.5 Å². The maximum Gasteiger partial charge on any atom is 0.246 e. The Hall–Kier alpha value is -1.88. The standard InChI is InChI=1S/C16H22N2O3/c1-3-21-11-15(19)17-14-8-9-18(16(14)20)10-13-6-4-12(2)5-7-13/h4-7,14H,3,8-11H2,1-2H3,(H,17,19)/t14-/m1/s1. The van der Waals surface area contributed by atoms with Crippen LogP contribution in [0.25, 0.3) is 0 Å². The van der Waals surface area contributed by atoms with Crippen LogP contribution in [0.4, 0.5) is 0 Å². The van der Waals surface area contributed by atoms with Gasteiger partial charge in [0.2, 0.25) is 11.8 Å². The summed E-state index contributed by atoms with van der Waals surface area (Å²) in [6.45, 7) is 5.64. The van der Waals surface area contributed by atoms with Crippen molar-refractivity contribution in [3.05, 3.63) is 35.4 Å². The van der Waals surface area contributed by atoms with E-state index in [1.165, 1.54) is 5.56 Å². The van der Waals surface area contributed by atoms with E-state index in [1.54, 1.807) is 4.90 Å². The van der Waals surface area contributed by atoms with Crippen molar-refractivity contribution in [2.45, 2.75) is 32.9 Å². The lowest BCUT2D eigenvalue weighted by Crippen LogP contribution is -2.42. The molecule has 0 saturated carbocycles. The Morgan fingerprint density at radius 3 is 2.76 bits per heavy atom. The van der Waals surface area contributed by atoms with E-state index in [0.29, 0.717) is 26.1 Å². The van der Waals surface area contributed by atoms with Gasteiger partial charge < -0.3 is 15.0 Å². The normalized spacial score (nSPS) is 18.1. The molecular formula is C16H22N2O3. The zero-order chi connectivity index (χ0) is 15.2. The highest BCUT2D eigenvalue weighted by atomic mass is 16.5. The first-order chi connectivity index (χ1) is 10.1. The Morgan fingerprint density at radius 1 is 1.38 bits per heavy atom. The fourth-order valence-corrected chi connectivity index (χ4v) is 2.37. The summed E-state index contributed by atoms with van der Waals surface area (Å²) < 4.78 is 5.04. The van der Waals surface area contributed by atoms with Gasteiger partial charge in [0.1, 0.15) is 12.6 Å².